The van der Waals surface area contributed by atoms with Crippen molar-refractivity contribution in [2.75, 3.05) is 6.54 Å². The molecule has 0 bridgehead atoms. The average Bonchev–Trinajstić information content (AvgIpc) is 3.34. The van der Waals surface area contributed by atoms with Crippen molar-refractivity contribution in [3.05, 3.63) is 59.2 Å². The van der Waals surface area contributed by atoms with Crippen molar-refractivity contribution in [3.8, 4) is 0 Å². The van der Waals surface area contributed by atoms with Gasteiger partial charge in [0, 0.05) is 12.5 Å². The SMILES string of the molecule is O=C(NCCc1ccccc1F)c1ccc(C2CC2)nn1. The van der Waals surface area contributed by atoms with E-state index in [2.05, 4.69) is 15.5 Å². The lowest BCUT2D eigenvalue weighted by Crippen LogP contribution is -2.27. The minimum atomic E-state index is -0.277. The van der Waals surface area contributed by atoms with Crippen LogP contribution in [0.4, 0.5) is 4.39 Å². The molecule has 0 atom stereocenters. The summed E-state index contributed by atoms with van der Waals surface area (Å²) in [5.74, 6) is -0.00261. The average molecular weight is 285 g/mol. The number of amides is 1. The molecule has 0 spiro atoms. The van der Waals surface area contributed by atoms with E-state index in [1.165, 1.54) is 6.07 Å². The Morgan fingerprint density at radius 1 is 1.19 bits per heavy atom. The van der Waals surface area contributed by atoms with Crippen molar-refractivity contribution in [2.24, 2.45) is 0 Å². The number of nitrogens with one attached hydrogen (secondary N) is 1. The third-order valence-electron chi connectivity index (χ3n) is 3.55. The summed E-state index contributed by atoms with van der Waals surface area (Å²) in [5, 5.41) is 10.7. The minimum absolute atomic E-state index is 0.250. The molecule has 4 nitrogen and oxygen atoms in total. The van der Waals surface area contributed by atoms with Crippen LogP contribution in [0, 0.1) is 5.82 Å². The Hall–Kier alpha value is -2.30. The maximum atomic E-state index is 13.4. The van der Waals surface area contributed by atoms with Crippen LogP contribution in [0.2, 0.25) is 0 Å². The molecule has 21 heavy (non-hydrogen) atoms. The highest BCUT2D eigenvalue weighted by atomic mass is 19.1. The van der Waals surface area contributed by atoms with Crippen LogP contribution in [0.15, 0.2) is 36.4 Å². The van der Waals surface area contributed by atoms with Crippen LogP contribution >= 0.6 is 0 Å². The maximum absolute atomic E-state index is 13.4. The largest absolute Gasteiger partial charge is 0.350 e. The van der Waals surface area contributed by atoms with Gasteiger partial charge in [-0.2, -0.15) is 5.10 Å². The molecule has 1 aliphatic carbocycles. The van der Waals surface area contributed by atoms with Gasteiger partial charge in [-0.15, -0.1) is 5.10 Å². The van der Waals surface area contributed by atoms with E-state index in [-0.39, 0.29) is 11.7 Å². The third-order valence-corrected chi connectivity index (χ3v) is 3.55. The highest BCUT2D eigenvalue weighted by Gasteiger charge is 2.25. The van der Waals surface area contributed by atoms with Gasteiger partial charge >= 0.3 is 0 Å². The zero-order valence-corrected chi connectivity index (χ0v) is 11.6. The van der Waals surface area contributed by atoms with Gasteiger partial charge in [-0.25, -0.2) is 4.39 Å². The van der Waals surface area contributed by atoms with Gasteiger partial charge in [0.1, 0.15) is 5.82 Å². The molecule has 1 amide bonds. The molecule has 1 N–H and O–H groups in total. The molecule has 0 unspecified atom stereocenters. The van der Waals surface area contributed by atoms with Crippen LogP contribution in [0.25, 0.3) is 0 Å². The Labute approximate surface area is 122 Å². The molecule has 2 aromatic rings. The first-order valence-electron chi connectivity index (χ1n) is 7.09. The van der Waals surface area contributed by atoms with Crippen molar-refractivity contribution in [1.82, 2.24) is 15.5 Å². The molecule has 5 heteroatoms. The number of rotatable bonds is 5. The first kappa shape index (κ1) is 13.7. The molecular formula is C16H16FN3O. The molecular weight excluding hydrogens is 269 g/mol. The summed E-state index contributed by atoms with van der Waals surface area (Å²) in [6.45, 7) is 0.367. The van der Waals surface area contributed by atoms with Gasteiger partial charge in [0.25, 0.3) is 5.91 Å². The zero-order valence-electron chi connectivity index (χ0n) is 11.6. The molecule has 1 aromatic carbocycles. The summed E-state index contributed by atoms with van der Waals surface area (Å²) in [4.78, 5) is 11.9. The molecule has 1 aliphatic rings. The molecule has 1 saturated carbocycles. The molecule has 108 valence electrons. The summed E-state index contributed by atoms with van der Waals surface area (Å²) in [6.07, 6.45) is 2.76. The van der Waals surface area contributed by atoms with Gasteiger partial charge in [-0.1, -0.05) is 18.2 Å². The molecule has 0 saturated heterocycles. The number of aromatic nitrogens is 2. The summed E-state index contributed by atoms with van der Waals surface area (Å²) in [7, 11) is 0. The van der Waals surface area contributed by atoms with Gasteiger partial charge in [-0.3, -0.25) is 4.79 Å². The maximum Gasteiger partial charge on any atom is 0.271 e. The van der Waals surface area contributed by atoms with E-state index in [0.29, 0.717) is 30.1 Å². The number of carbonyl (C=O) groups excluding carboxylic acids is 1. The number of hydrogen-bond donors (Lipinski definition) is 1. The number of nitrogens with zero attached hydrogens (tertiary/aromatic N) is 2. The van der Waals surface area contributed by atoms with Crippen molar-refractivity contribution < 1.29 is 9.18 Å². The van der Waals surface area contributed by atoms with Gasteiger partial charge in [0.15, 0.2) is 5.69 Å². The van der Waals surface area contributed by atoms with Crippen LogP contribution < -0.4 is 5.32 Å². The summed E-state index contributed by atoms with van der Waals surface area (Å²) in [6, 6.07) is 10.1. The second-order valence-corrected chi connectivity index (χ2v) is 5.22. The van der Waals surface area contributed by atoms with E-state index in [0.717, 1.165) is 18.5 Å². The first-order chi connectivity index (χ1) is 10.2. The fourth-order valence-corrected chi connectivity index (χ4v) is 2.16. The lowest BCUT2D eigenvalue weighted by molar-refractivity contribution is 0.0948. The van der Waals surface area contributed by atoms with E-state index in [9.17, 15) is 9.18 Å². The normalized spacial score (nSPS) is 14.0. The fraction of sp³-hybridized carbons (Fsp3) is 0.312. The smallest absolute Gasteiger partial charge is 0.271 e. The van der Waals surface area contributed by atoms with E-state index < -0.39 is 0 Å². The highest BCUT2D eigenvalue weighted by Crippen LogP contribution is 2.38. The lowest BCUT2D eigenvalue weighted by atomic mass is 10.1. The van der Waals surface area contributed by atoms with Crippen LogP contribution in [-0.2, 0) is 6.42 Å². The summed E-state index contributed by atoms with van der Waals surface area (Å²) in [5.41, 5.74) is 1.85. The Morgan fingerprint density at radius 3 is 2.67 bits per heavy atom. The molecule has 0 radical (unpaired) electrons. The van der Waals surface area contributed by atoms with E-state index in [4.69, 9.17) is 0 Å². The van der Waals surface area contributed by atoms with Crippen LogP contribution in [0.3, 0.4) is 0 Å². The van der Waals surface area contributed by atoms with Crippen molar-refractivity contribution in [1.29, 1.82) is 0 Å². The Kier molecular flexibility index (Phi) is 3.90. The number of halogens is 1. The van der Waals surface area contributed by atoms with Gasteiger partial charge in [0.05, 0.1) is 5.69 Å². The topological polar surface area (TPSA) is 54.9 Å². The summed E-state index contributed by atoms with van der Waals surface area (Å²) >= 11 is 0. The Morgan fingerprint density at radius 2 is 2.00 bits per heavy atom. The molecule has 3 rings (SSSR count). The van der Waals surface area contributed by atoms with Gasteiger partial charge in [-0.05, 0) is 43.0 Å². The predicted octanol–water partition coefficient (Wildman–Crippen LogP) is 2.47. The van der Waals surface area contributed by atoms with Crippen LogP contribution in [0.5, 0.6) is 0 Å². The van der Waals surface area contributed by atoms with Crippen molar-refractivity contribution in [3.63, 3.8) is 0 Å². The van der Waals surface area contributed by atoms with E-state index >= 15 is 0 Å². The Balaban J connectivity index is 1.53. The van der Waals surface area contributed by atoms with E-state index in [1.807, 2.05) is 6.07 Å². The van der Waals surface area contributed by atoms with Gasteiger partial charge in [0.2, 0.25) is 0 Å². The molecule has 1 aromatic heterocycles. The lowest BCUT2D eigenvalue weighted by Gasteiger charge is -2.05. The molecule has 0 aliphatic heterocycles. The van der Waals surface area contributed by atoms with Crippen molar-refractivity contribution in [2.45, 2.75) is 25.2 Å². The fourth-order valence-electron chi connectivity index (χ4n) is 2.16. The standard InChI is InChI=1S/C16H16FN3O/c17-13-4-2-1-3-11(13)9-10-18-16(21)15-8-7-14(19-20-15)12-5-6-12/h1-4,7-8,12H,5-6,9-10H2,(H,18,21). The highest BCUT2D eigenvalue weighted by molar-refractivity contribution is 5.92. The summed E-state index contributed by atoms with van der Waals surface area (Å²) < 4.78 is 13.4. The second-order valence-electron chi connectivity index (χ2n) is 5.22. The molecule has 1 heterocycles. The van der Waals surface area contributed by atoms with Gasteiger partial charge < -0.3 is 5.32 Å². The van der Waals surface area contributed by atoms with Crippen LogP contribution in [-0.4, -0.2) is 22.6 Å². The monoisotopic (exact) mass is 285 g/mol. The van der Waals surface area contributed by atoms with E-state index in [1.54, 1.807) is 24.3 Å². The quantitative estimate of drug-likeness (QED) is 0.918. The predicted molar refractivity (Wildman–Crippen MR) is 76.4 cm³/mol. The van der Waals surface area contributed by atoms with Crippen molar-refractivity contribution >= 4 is 5.91 Å². The minimum Gasteiger partial charge on any atom is -0.350 e. The zero-order chi connectivity index (χ0) is 14.7. The van der Waals surface area contributed by atoms with Crippen LogP contribution in [0.1, 0.15) is 40.5 Å². The Bertz CT molecular complexity index is 638. The second kappa shape index (κ2) is 5.99. The number of carbonyl (C=O) groups is 1. The number of benzene rings is 1. The third kappa shape index (κ3) is 3.42. The molecule has 1 fully saturated rings. The first-order valence-corrected chi connectivity index (χ1v) is 7.09. The number of hydrogen-bond acceptors (Lipinski definition) is 3.